The van der Waals surface area contributed by atoms with Crippen LogP contribution in [0.5, 0.6) is 0 Å². The summed E-state index contributed by atoms with van der Waals surface area (Å²) in [6, 6.07) is 0. The van der Waals surface area contributed by atoms with Crippen LogP contribution in [0, 0.1) is 0 Å². The molecule has 0 bridgehead atoms. The van der Waals surface area contributed by atoms with Crippen molar-refractivity contribution in [2.45, 2.75) is 24.3 Å². The van der Waals surface area contributed by atoms with Gasteiger partial charge in [0.05, 0.1) is 6.61 Å². The summed E-state index contributed by atoms with van der Waals surface area (Å²) in [6.45, 7) is -0.644. The Hall–Kier alpha value is -0.0900. The molecule has 1 fully saturated rings. The predicted molar refractivity (Wildman–Crippen MR) is 42.1 cm³/mol. The first-order valence-electron chi connectivity index (χ1n) is 3.82. The highest BCUT2D eigenvalue weighted by atomic mass is 31.2. The Balaban J connectivity index is 2.81. The number of rotatable bonds is 2. The van der Waals surface area contributed by atoms with E-state index < -0.39 is 38.7 Å². The maximum atomic E-state index is 10.4. The number of aliphatic hydroxyl groups is 4. The lowest BCUT2D eigenvalue weighted by Crippen LogP contribution is -2.61. The lowest BCUT2D eigenvalue weighted by atomic mass is 10.0. The standard InChI is InChI=1S/C5H11O9P/c6-2-1-13-5(9,4(8)3(2)7)14-15(10,11)12/h2-4,6-9H,1H2,(H2,10,11,12)/t2-,3-,4-,5+/m1/s1. The molecule has 90 valence electrons. The van der Waals surface area contributed by atoms with E-state index >= 15 is 0 Å². The SMILES string of the molecule is O=P(O)(O)O[C@@]1(O)OC[C@@H](O)[C@@H](O)[C@H]1O. The van der Waals surface area contributed by atoms with Crippen LogP contribution < -0.4 is 0 Å². The van der Waals surface area contributed by atoms with E-state index in [0.29, 0.717) is 0 Å². The summed E-state index contributed by atoms with van der Waals surface area (Å²) < 4.78 is 18.5. The second kappa shape index (κ2) is 4.06. The van der Waals surface area contributed by atoms with Crippen LogP contribution in [0.2, 0.25) is 0 Å². The number of aliphatic hydroxyl groups excluding tert-OH is 3. The van der Waals surface area contributed by atoms with Crippen molar-refractivity contribution in [3.8, 4) is 0 Å². The molecule has 0 aromatic rings. The van der Waals surface area contributed by atoms with Crippen molar-refractivity contribution in [1.29, 1.82) is 0 Å². The molecule has 6 N–H and O–H groups in total. The van der Waals surface area contributed by atoms with Gasteiger partial charge in [0.2, 0.25) is 0 Å². The Kier molecular flexibility index (Phi) is 3.51. The molecule has 1 aliphatic heterocycles. The molecule has 10 heteroatoms. The molecule has 0 spiro atoms. The van der Waals surface area contributed by atoms with Gasteiger partial charge in [0, 0.05) is 0 Å². The molecular formula is C5H11O9P. The van der Waals surface area contributed by atoms with Gasteiger partial charge in [-0.15, -0.1) is 0 Å². The number of phosphoric acid groups is 1. The lowest BCUT2D eigenvalue weighted by molar-refractivity contribution is -0.405. The molecule has 0 radical (unpaired) electrons. The average Bonchev–Trinajstić information content (AvgIpc) is 2.06. The quantitative estimate of drug-likeness (QED) is 0.218. The average molecular weight is 246 g/mol. The topological polar surface area (TPSA) is 157 Å². The number of phosphoric ester groups is 1. The molecular weight excluding hydrogens is 235 g/mol. The summed E-state index contributed by atoms with van der Waals surface area (Å²) in [7, 11) is -5.11. The first-order valence-corrected chi connectivity index (χ1v) is 5.35. The highest BCUT2D eigenvalue weighted by Crippen LogP contribution is 2.43. The van der Waals surface area contributed by atoms with Gasteiger partial charge in [0.1, 0.15) is 12.2 Å². The molecule has 1 aliphatic rings. The summed E-state index contributed by atoms with van der Waals surface area (Å²) in [4.78, 5) is 16.8. The zero-order chi connectivity index (χ0) is 11.9. The van der Waals surface area contributed by atoms with Crippen LogP contribution in [0.4, 0.5) is 0 Å². The van der Waals surface area contributed by atoms with Crippen LogP contribution >= 0.6 is 7.82 Å². The minimum Gasteiger partial charge on any atom is -0.388 e. The van der Waals surface area contributed by atoms with E-state index in [1.165, 1.54) is 0 Å². The second-order valence-corrected chi connectivity index (χ2v) is 4.19. The molecule has 0 aliphatic carbocycles. The molecule has 0 unspecified atom stereocenters. The Bertz CT molecular complexity index is 276. The van der Waals surface area contributed by atoms with Gasteiger partial charge in [-0.05, 0) is 0 Å². The molecule has 1 saturated heterocycles. The van der Waals surface area contributed by atoms with Gasteiger partial charge in [-0.1, -0.05) is 0 Å². The zero-order valence-corrected chi connectivity index (χ0v) is 8.19. The number of ether oxygens (including phenoxy) is 1. The second-order valence-electron chi connectivity index (χ2n) is 3.03. The van der Waals surface area contributed by atoms with Crippen molar-refractivity contribution in [2.75, 3.05) is 6.61 Å². The highest BCUT2D eigenvalue weighted by Gasteiger charge is 2.53. The lowest BCUT2D eigenvalue weighted by Gasteiger charge is -2.40. The molecule has 0 aromatic heterocycles. The highest BCUT2D eigenvalue weighted by molar-refractivity contribution is 7.46. The van der Waals surface area contributed by atoms with E-state index in [4.69, 9.17) is 20.0 Å². The van der Waals surface area contributed by atoms with E-state index in [9.17, 15) is 14.8 Å². The van der Waals surface area contributed by atoms with Crippen molar-refractivity contribution in [2.24, 2.45) is 0 Å². The van der Waals surface area contributed by atoms with Gasteiger partial charge in [-0.2, -0.15) is 0 Å². The molecule has 0 aromatic carbocycles. The Morgan fingerprint density at radius 3 is 2.33 bits per heavy atom. The van der Waals surface area contributed by atoms with Gasteiger partial charge in [-0.25, -0.2) is 9.09 Å². The van der Waals surface area contributed by atoms with Gasteiger partial charge in [0.25, 0.3) is 0 Å². The van der Waals surface area contributed by atoms with E-state index in [1.54, 1.807) is 0 Å². The van der Waals surface area contributed by atoms with Crippen LogP contribution in [0.1, 0.15) is 0 Å². The van der Waals surface area contributed by atoms with Crippen molar-refractivity contribution in [1.82, 2.24) is 0 Å². The molecule has 9 nitrogen and oxygen atoms in total. The summed E-state index contributed by atoms with van der Waals surface area (Å²) in [5, 5.41) is 36.6. The van der Waals surface area contributed by atoms with Gasteiger partial charge in [0.15, 0.2) is 6.10 Å². The summed E-state index contributed by atoms with van der Waals surface area (Å²) in [6.07, 6.45) is -5.52. The van der Waals surface area contributed by atoms with Gasteiger partial charge >= 0.3 is 13.8 Å². The molecule has 1 rings (SSSR count). The molecule has 15 heavy (non-hydrogen) atoms. The van der Waals surface area contributed by atoms with Crippen molar-refractivity contribution < 1.29 is 44.0 Å². The Morgan fingerprint density at radius 2 is 1.87 bits per heavy atom. The predicted octanol–water partition coefficient (Wildman–Crippen LogP) is -3.15. The minimum atomic E-state index is -5.11. The maximum Gasteiger partial charge on any atom is 0.474 e. The molecule has 0 amide bonds. The monoisotopic (exact) mass is 246 g/mol. The third kappa shape index (κ3) is 2.94. The van der Waals surface area contributed by atoms with Crippen molar-refractivity contribution in [3.05, 3.63) is 0 Å². The van der Waals surface area contributed by atoms with E-state index in [1.807, 2.05) is 0 Å². The summed E-state index contributed by atoms with van der Waals surface area (Å²) in [5.74, 6) is -3.04. The van der Waals surface area contributed by atoms with Crippen molar-refractivity contribution >= 4 is 7.82 Å². The van der Waals surface area contributed by atoms with Crippen LogP contribution in [0.15, 0.2) is 0 Å². The zero-order valence-electron chi connectivity index (χ0n) is 7.29. The first-order chi connectivity index (χ1) is 6.66. The fourth-order valence-corrected chi connectivity index (χ4v) is 1.57. The minimum absolute atomic E-state index is 0.644. The van der Waals surface area contributed by atoms with E-state index in [2.05, 4.69) is 9.26 Å². The number of hydrogen-bond donors (Lipinski definition) is 6. The fraction of sp³-hybridized carbons (Fsp3) is 1.00. The van der Waals surface area contributed by atoms with E-state index in [-0.39, 0.29) is 0 Å². The largest absolute Gasteiger partial charge is 0.474 e. The maximum absolute atomic E-state index is 10.4. The number of hydrogen-bond acceptors (Lipinski definition) is 7. The van der Waals surface area contributed by atoms with Gasteiger partial charge in [-0.3, -0.25) is 0 Å². The normalized spacial score (nSPS) is 42.9. The smallest absolute Gasteiger partial charge is 0.388 e. The summed E-state index contributed by atoms with van der Waals surface area (Å²) in [5.41, 5.74) is 0. The molecule has 1 heterocycles. The van der Waals surface area contributed by atoms with Crippen LogP contribution in [-0.4, -0.2) is 61.1 Å². The van der Waals surface area contributed by atoms with Crippen molar-refractivity contribution in [3.63, 3.8) is 0 Å². The van der Waals surface area contributed by atoms with E-state index in [0.717, 1.165) is 0 Å². The summed E-state index contributed by atoms with van der Waals surface area (Å²) >= 11 is 0. The Labute approximate surface area is 83.7 Å². The first kappa shape index (κ1) is 13.0. The van der Waals surface area contributed by atoms with Crippen LogP contribution in [-0.2, 0) is 13.8 Å². The molecule has 0 saturated carbocycles. The third-order valence-corrected chi connectivity index (χ3v) is 2.30. The van der Waals surface area contributed by atoms with Crippen LogP contribution in [0.25, 0.3) is 0 Å². The fourth-order valence-electron chi connectivity index (χ4n) is 1.07. The van der Waals surface area contributed by atoms with Crippen LogP contribution in [0.3, 0.4) is 0 Å². The third-order valence-electron chi connectivity index (χ3n) is 1.80. The Morgan fingerprint density at radius 1 is 1.33 bits per heavy atom. The molecule has 4 atom stereocenters. The van der Waals surface area contributed by atoms with Gasteiger partial charge < -0.3 is 34.9 Å².